The predicted molar refractivity (Wildman–Crippen MR) is 28.0 cm³/mol. The molecular formula is C4H6OS. The minimum atomic E-state index is 1.04. The molecule has 0 aromatic carbocycles. The van der Waals surface area contributed by atoms with Gasteiger partial charge >= 0.3 is 0 Å². The van der Waals surface area contributed by atoms with E-state index in [4.69, 9.17) is 5.11 Å². The lowest BCUT2D eigenvalue weighted by Crippen LogP contribution is -2.02. The molecule has 0 radical (unpaired) electrons. The minimum absolute atomic E-state index is 1.04. The molecule has 0 saturated carbocycles. The van der Waals surface area contributed by atoms with Crippen LogP contribution in [0.2, 0.25) is 0 Å². The van der Waals surface area contributed by atoms with Gasteiger partial charge in [0.15, 0.2) is 0 Å². The molecule has 1 fully saturated rings. The van der Waals surface area contributed by atoms with Gasteiger partial charge in [-0.25, -0.2) is 0 Å². The lowest BCUT2D eigenvalue weighted by molar-refractivity contribution is 0.467. The van der Waals surface area contributed by atoms with Gasteiger partial charge in [0.1, 0.15) is 0 Å². The van der Waals surface area contributed by atoms with Gasteiger partial charge in [-0.15, -0.1) is 0 Å². The number of thioether (sulfide) groups is 1. The average Bonchev–Trinajstić information content (AvgIpc) is 1.31. The van der Waals surface area contributed by atoms with Crippen LogP contribution in [0.3, 0.4) is 0 Å². The molecule has 2 heteroatoms. The Labute approximate surface area is 41.1 Å². The third-order valence-corrected chi connectivity index (χ3v) is 1.91. The monoisotopic (exact) mass is 102 g/mol. The molecule has 1 aliphatic heterocycles. The maximum atomic E-state index is 8.21. The summed E-state index contributed by atoms with van der Waals surface area (Å²) in [6.45, 7) is 0. The highest BCUT2D eigenvalue weighted by Crippen LogP contribution is 2.22. The molecule has 1 heterocycles. The fourth-order valence-corrected chi connectivity index (χ4v) is 0.883. The van der Waals surface area contributed by atoms with Crippen LogP contribution in [0, 0.1) is 0 Å². The van der Waals surface area contributed by atoms with E-state index in [9.17, 15) is 0 Å². The second kappa shape index (κ2) is 1.56. The van der Waals surface area contributed by atoms with Crippen LogP contribution in [-0.4, -0.2) is 16.6 Å². The van der Waals surface area contributed by atoms with E-state index < -0.39 is 0 Å². The Hall–Kier alpha value is -0.110. The van der Waals surface area contributed by atoms with Crippen molar-refractivity contribution in [2.24, 2.45) is 0 Å². The van der Waals surface area contributed by atoms with E-state index in [1.807, 2.05) is 11.8 Å². The normalized spacial score (nSPS) is 19.7. The van der Waals surface area contributed by atoms with Crippen LogP contribution < -0.4 is 0 Å². The zero-order valence-corrected chi connectivity index (χ0v) is 4.16. The molecule has 1 aliphatic rings. The van der Waals surface area contributed by atoms with Crippen LogP contribution >= 0.6 is 11.8 Å². The largest absolute Gasteiger partial charge is 0.516 e. The van der Waals surface area contributed by atoms with Gasteiger partial charge in [-0.3, -0.25) is 0 Å². The van der Waals surface area contributed by atoms with Crippen molar-refractivity contribution in [1.82, 2.24) is 0 Å². The van der Waals surface area contributed by atoms with Crippen LogP contribution in [-0.2, 0) is 0 Å². The summed E-state index contributed by atoms with van der Waals surface area (Å²) >= 11 is 1.84. The highest BCUT2D eigenvalue weighted by molar-refractivity contribution is 8.01. The Balaban J connectivity index is 2.34. The zero-order chi connectivity index (χ0) is 4.41. The summed E-state index contributed by atoms with van der Waals surface area (Å²) in [6, 6.07) is 0. The van der Waals surface area contributed by atoms with Crippen molar-refractivity contribution >= 4 is 11.8 Å². The topological polar surface area (TPSA) is 20.2 Å². The second-order valence-corrected chi connectivity index (χ2v) is 2.27. The lowest BCUT2D eigenvalue weighted by Gasteiger charge is -2.12. The molecule has 0 amide bonds. The van der Waals surface area contributed by atoms with E-state index in [1.54, 1.807) is 0 Å². The Morgan fingerprint density at radius 3 is 2.33 bits per heavy atom. The maximum Gasteiger partial charge on any atom is 0.0800 e. The van der Waals surface area contributed by atoms with Crippen molar-refractivity contribution < 1.29 is 5.11 Å². The van der Waals surface area contributed by atoms with Crippen molar-refractivity contribution in [3.63, 3.8) is 0 Å². The number of hydrogen-bond acceptors (Lipinski definition) is 2. The molecule has 0 aromatic heterocycles. The van der Waals surface area contributed by atoms with Crippen molar-refractivity contribution in [3.05, 3.63) is 11.8 Å². The highest BCUT2D eigenvalue weighted by atomic mass is 32.2. The number of rotatable bonds is 0. The zero-order valence-electron chi connectivity index (χ0n) is 3.35. The molecule has 0 bridgehead atoms. The first kappa shape index (κ1) is 4.06. The summed E-state index contributed by atoms with van der Waals surface area (Å²) in [5.41, 5.74) is 1.17. The summed E-state index contributed by atoms with van der Waals surface area (Å²) in [5, 5.41) is 8.21. The molecule has 1 saturated heterocycles. The molecule has 34 valence electrons. The molecule has 1 rings (SSSR count). The van der Waals surface area contributed by atoms with E-state index in [1.165, 1.54) is 11.8 Å². The van der Waals surface area contributed by atoms with E-state index in [-0.39, 0.29) is 0 Å². The van der Waals surface area contributed by atoms with Crippen molar-refractivity contribution in [1.29, 1.82) is 0 Å². The van der Waals surface area contributed by atoms with Crippen LogP contribution in [0.5, 0.6) is 0 Å². The van der Waals surface area contributed by atoms with Gasteiger partial charge in [0.2, 0.25) is 0 Å². The van der Waals surface area contributed by atoms with E-state index in [0.717, 1.165) is 11.5 Å². The summed E-state index contributed by atoms with van der Waals surface area (Å²) in [6.07, 6.45) is 1.20. The third kappa shape index (κ3) is 0.522. The van der Waals surface area contributed by atoms with Crippen LogP contribution in [0.4, 0.5) is 0 Å². The lowest BCUT2D eigenvalue weighted by atomic mass is 10.4. The Morgan fingerprint density at radius 1 is 1.67 bits per heavy atom. The standard InChI is InChI=1S/C4H6OS/c5-1-4-2-6-3-4/h1,5H,2-3H2. The van der Waals surface area contributed by atoms with Gasteiger partial charge < -0.3 is 5.11 Å². The SMILES string of the molecule is OC=C1CSC1. The summed E-state index contributed by atoms with van der Waals surface area (Å²) in [7, 11) is 0. The molecule has 0 atom stereocenters. The molecule has 0 aromatic rings. The number of aliphatic hydroxyl groups is 1. The van der Waals surface area contributed by atoms with Crippen LogP contribution in [0.1, 0.15) is 0 Å². The quantitative estimate of drug-likeness (QED) is 0.463. The third-order valence-electron chi connectivity index (χ3n) is 0.757. The Kier molecular flexibility index (Phi) is 1.05. The average molecular weight is 102 g/mol. The van der Waals surface area contributed by atoms with E-state index in [2.05, 4.69) is 0 Å². The Bertz CT molecular complexity index is 71.6. The van der Waals surface area contributed by atoms with Crippen molar-refractivity contribution in [3.8, 4) is 0 Å². The molecule has 1 N–H and O–H groups in total. The first-order chi connectivity index (χ1) is 2.93. The van der Waals surface area contributed by atoms with E-state index in [0.29, 0.717) is 0 Å². The second-order valence-electron chi connectivity index (χ2n) is 1.28. The van der Waals surface area contributed by atoms with Gasteiger partial charge in [-0.1, -0.05) is 0 Å². The Morgan fingerprint density at radius 2 is 2.33 bits per heavy atom. The van der Waals surface area contributed by atoms with Crippen molar-refractivity contribution in [2.75, 3.05) is 11.5 Å². The summed E-state index contributed by atoms with van der Waals surface area (Å²) < 4.78 is 0. The molecule has 0 spiro atoms. The van der Waals surface area contributed by atoms with Crippen LogP contribution in [0.15, 0.2) is 11.8 Å². The molecule has 0 aliphatic carbocycles. The van der Waals surface area contributed by atoms with Gasteiger partial charge in [-0.2, -0.15) is 11.8 Å². The van der Waals surface area contributed by atoms with Crippen LogP contribution in [0.25, 0.3) is 0 Å². The molecule has 0 unspecified atom stereocenters. The molecular weight excluding hydrogens is 96.1 g/mol. The van der Waals surface area contributed by atoms with Gasteiger partial charge in [-0.05, 0) is 5.57 Å². The van der Waals surface area contributed by atoms with Crippen molar-refractivity contribution in [2.45, 2.75) is 0 Å². The van der Waals surface area contributed by atoms with Gasteiger partial charge in [0, 0.05) is 11.5 Å². The minimum Gasteiger partial charge on any atom is -0.516 e. The fraction of sp³-hybridized carbons (Fsp3) is 0.500. The van der Waals surface area contributed by atoms with Gasteiger partial charge in [0.05, 0.1) is 6.26 Å². The molecule has 1 nitrogen and oxygen atoms in total. The predicted octanol–water partition coefficient (Wildman–Crippen LogP) is 1.18. The fourth-order valence-electron chi connectivity index (χ4n) is 0.294. The summed E-state index contributed by atoms with van der Waals surface area (Å²) in [4.78, 5) is 0. The highest BCUT2D eigenvalue weighted by Gasteiger charge is 2.06. The number of aliphatic hydroxyl groups excluding tert-OH is 1. The van der Waals surface area contributed by atoms with Gasteiger partial charge in [0.25, 0.3) is 0 Å². The molecule has 6 heavy (non-hydrogen) atoms. The smallest absolute Gasteiger partial charge is 0.0800 e. The first-order valence-electron chi connectivity index (χ1n) is 1.83. The first-order valence-corrected chi connectivity index (χ1v) is 2.99. The summed E-state index contributed by atoms with van der Waals surface area (Å²) in [5.74, 6) is 2.08. The van der Waals surface area contributed by atoms with E-state index >= 15 is 0 Å². The number of hydrogen-bond donors (Lipinski definition) is 1. The maximum absolute atomic E-state index is 8.21.